The molecule has 130 valence electrons. The van der Waals surface area contributed by atoms with E-state index in [2.05, 4.69) is 41.4 Å². The molecule has 3 rings (SSSR count). The molecule has 0 aliphatic carbocycles. The topological polar surface area (TPSA) is 68.9 Å². The zero-order valence-electron chi connectivity index (χ0n) is 14.1. The molecule has 3 N–H and O–H groups in total. The van der Waals surface area contributed by atoms with Gasteiger partial charge in [0.05, 0.1) is 12.4 Å². The number of furan rings is 1. The Morgan fingerprint density at radius 1 is 1.21 bits per heavy atom. The Kier molecular flexibility index (Phi) is 5.56. The van der Waals surface area contributed by atoms with Crippen molar-refractivity contribution >= 4 is 5.69 Å². The van der Waals surface area contributed by atoms with E-state index in [4.69, 9.17) is 4.42 Å². The van der Waals surface area contributed by atoms with Crippen molar-refractivity contribution in [2.45, 2.75) is 38.0 Å². The third-order valence-corrected chi connectivity index (χ3v) is 4.71. The number of hydrogen-bond acceptors (Lipinski definition) is 5. The Morgan fingerprint density at radius 3 is 2.54 bits per heavy atom. The summed E-state index contributed by atoms with van der Waals surface area (Å²) in [6.07, 6.45) is 2.46. The van der Waals surface area contributed by atoms with E-state index in [0.29, 0.717) is 12.3 Å². The summed E-state index contributed by atoms with van der Waals surface area (Å²) in [5.41, 5.74) is 2.39. The highest BCUT2D eigenvalue weighted by Crippen LogP contribution is 2.23. The summed E-state index contributed by atoms with van der Waals surface area (Å²) in [6, 6.07) is 12.2. The van der Waals surface area contributed by atoms with E-state index in [-0.39, 0.29) is 12.1 Å². The van der Waals surface area contributed by atoms with Gasteiger partial charge in [0.2, 0.25) is 0 Å². The maximum Gasteiger partial charge on any atom is 0.133 e. The summed E-state index contributed by atoms with van der Waals surface area (Å²) in [5, 5.41) is 23.0. The van der Waals surface area contributed by atoms with Crippen LogP contribution in [-0.2, 0) is 0 Å². The molecule has 2 heterocycles. The number of benzene rings is 1. The summed E-state index contributed by atoms with van der Waals surface area (Å²) >= 11 is 0. The minimum Gasteiger partial charge on any atom is -0.467 e. The standard InChI is InChI=1S/C19H26N2O3/c1-14(20-13-18(23)19-3-2-12-24-19)15-4-6-16(7-5-15)21-10-8-17(22)9-11-21/h2-7,12,14,17-18,20,22-23H,8-11,13H2,1H3. The Bertz CT molecular complexity index is 604. The molecule has 0 radical (unpaired) electrons. The van der Waals surface area contributed by atoms with Crippen LogP contribution < -0.4 is 10.2 Å². The van der Waals surface area contributed by atoms with Crippen molar-refractivity contribution in [3.05, 3.63) is 54.0 Å². The van der Waals surface area contributed by atoms with Crippen LogP contribution in [0.4, 0.5) is 5.69 Å². The first kappa shape index (κ1) is 17.0. The number of rotatable bonds is 6. The molecular formula is C19H26N2O3. The Labute approximate surface area is 142 Å². The van der Waals surface area contributed by atoms with Gasteiger partial charge in [-0.2, -0.15) is 0 Å². The Hall–Kier alpha value is -1.82. The molecule has 5 heteroatoms. The first-order valence-electron chi connectivity index (χ1n) is 8.61. The minimum absolute atomic E-state index is 0.145. The highest BCUT2D eigenvalue weighted by atomic mass is 16.4. The molecule has 1 aromatic heterocycles. The van der Waals surface area contributed by atoms with Crippen molar-refractivity contribution in [1.82, 2.24) is 5.32 Å². The van der Waals surface area contributed by atoms with Crippen LogP contribution in [0.2, 0.25) is 0 Å². The van der Waals surface area contributed by atoms with Crippen LogP contribution in [-0.4, -0.2) is 36.0 Å². The van der Waals surface area contributed by atoms with E-state index in [9.17, 15) is 10.2 Å². The summed E-state index contributed by atoms with van der Waals surface area (Å²) < 4.78 is 5.21. The summed E-state index contributed by atoms with van der Waals surface area (Å²) in [5.74, 6) is 0.581. The van der Waals surface area contributed by atoms with Gasteiger partial charge < -0.3 is 24.8 Å². The molecule has 0 amide bonds. The van der Waals surface area contributed by atoms with Crippen molar-refractivity contribution in [2.75, 3.05) is 24.5 Å². The molecule has 0 saturated carbocycles. The molecule has 5 nitrogen and oxygen atoms in total. The van der Waals surface area contributed by atoms with Gasteiger partial charge in [-0.15, -0.1) is 0 Å². The zero-order valence-corrected chi connectivity index (χ0v) is 14.1. The van der Waals surface area contributed by atoms with Crippen LogP contribution in [0.1, 0.15) is 43.2 Å². The fourth-order valence-electron chi connectivity index (χ4n) is 3.09. The lowest BCUT2D eigenvalue weighted by atomic mass is 10.0. The number of piperidine rings is 1. The van der Waals surface area contributed by atoms with Gasteiger partial charge in [-0.3, -0.25) is 0 Å². The van der Waals surface area contributed by atoms with Crippen molar-refractivity contribution in [3.8, 4) is 0 Å². The second kappa shape index (κ2) is 7.83. The number of nitrogens with one attached hydrogen (secondary N) is 1. The maximum absolute atomic E-state index is 10.1. The van der Waals surface area contributed by atoms with E-state index >= 15 is 0 Å². The lowest BCUT2D eigenvalue weighted by Gasteiger charge is -2.31. The zero-order chi connectivity index (χ0) is 16.9. The first-order chi connectivity index (χ1) is 11.6. The Balaban J connectivity index is 1.53. The van der Waals surface area contributed by atoms with Gasteiger partial charge in [-0.25, -0.2) is 0 Å². The van der Waals surface area contributed by atoms with Gasteiger partial charge in [0.15, 0.2) is 0 Å². The average molecular weight is 330 g/mol. The fourth-order valence-corrected chi connectivity index (χ4v) is 3.09. The van der Waals surface area contributed by atoms with Crippen LogP contribution >= 0.6 is 0 Å². The summed E-state index contributed by atoms with van der Waals surface area (Å²) in [4.78, 5) is 2.31. The van der Waals surface area contributed by atoms with Gasteiger partial charge in [0, 0.05) is 31.4 Å². The Morgan fingerprint density at radius 2 is 1.92 bits per heavy atom. The average Bonchev–Trinajstić information content (AvgIpc) is 3.15. The lowest BCUT2D eigenvalue weighted by molar-refractivity contribution is 0.144. The van der Waals surface area contributed by atoms with E-state index in [1.807, 2.05) is 0 Å². The molecule has 0 bridgehead atoms. The van der Waals surface area contributed by atoms with Crippen LogP contribution in [0.15, 0.2) is 47.1 Å². The van der Waals surface area contributed by atoms with Crippen LogP contribution in [0, 0.1) is 0 Å². The van der Waals surface area contributed by atoms with Crippen molar-refractivity contribution in [2.24, 2.45) is 0 Å². The van der Waals surface area contributed by atoms with E-state index < -0.39 is 6.10 Å². The molecule has 2 aromatic rings. The number of nitrogens with zero attached hydrogens (tertiary/aromatic N) is 1. The SMILES string of the molecule is CC(NCC(O)c1ccco1)c1ccc(N2CCC(O)CC2)cc1. The molecule has 1 fully saturated rings. The van der Waals surface area contributed by atoms with Crippen molar-refractivity contribution in [3.63, 3.8) is 0 Å². The van der Waals surface area contributed by atoms with Gasteiger partial charge in [0.25, 0.3) is 0 Å². The minimum atomic E-state index is -0.637. The molecule has 2 unspecified atom stereocenters. The third-order valence-electron chi connectivity index (χ3n) is 4.71. The normalized spacial score (nSPS) is 18.5. The second-order valence-electron chi connectivity index (χ2n) is 6.47. The molecular weight excluding hydrogens is 304 g/mol. The van der Waals surface area contributed by atoms with Crippen molar-refractivity contribution < 1.29 is 14.6 Å². The number of aliphatic hydroxyl groups excluding tert-OH is 2. The van der Waals surface area contributed by atoms with Crippen LogP contribution in [0.5, 0.6) is 0 Å². The fraction of sp³-hybridized carbons (Fsp3) is 0.474. The van der Waals surface area contributed by atoms with Gasteiger partial charge in [-0.05, 0) is 49.6 Å². The molecule has 1 aliphatic rings. The lowest BCUT2D eigenvalue weighted by Crippen LogP contribution is -2.35. The molecule has 0 spiro atoms. The van der Waals surface area contributed by atoms with Crippen molar-refractivity contribution in [1.29, 1.82) is 0 Å². The van der Waals surface area contributed by atoms with Gasteiger partial charge in [-0.1, -0.05) is 12.1 Å². The monoisotopic (exact) mass is 330 g/mol. The number of aliphatic hydroxyl groups is 2. The van der Waals surface area contributed by atoms with Crippen LogP contribution in [0.3, 0.4) is 0 Å². The smallest absolute Gasteiger partial charge is 0.133 e. The van der Waals surface area contributed by atoms with E-state index in [0.717, 1.165) is 25.9 Å². The number of anilines is 1. The number of hydrogen-bond donors (Lipinski definition) is 3. The molecule has 1 saturated heterocycles. The summed E-state index contributed by atoms with van der Waals surface area (Å²) in [6.45, 7) is 4.34. The molecule has 1 aromatic carbocycles. The second-order valence-corrected chi connectivity index (χ2v) is 6.47. The van der Waals surface area contributed by atoms with Gasteiger partial charge >= 0.3 is 0 Å². The largest absolute Gasteiger partial charge is 0.467 e. The third kappa shape index (κ3) is 4.17. The maximum atomic E-state index is 10.1. The predicted molar refractivity (Wildman–Crippen MR) is 94.0 cm³/mol. The summed E-state index contributed by atoms with van der Waals surface area (Å²) in [7, 11) is 0. The first-order valence-corrected chi connectivity index (χ1v) is 8.61. The quantitative estimate of drug-likeness (QED) is 0.760. The van der Waals surface area contributed by atoms with Gasteiger partial charge in [0.1, 0.15) is 11.9 Å². The van der Waals surface area contributed by atoms with E-state index in [1.165, 1.54) is 11.3 Å². The molecule has 1 aliphatic heterocycles. The van der Waals surface area contributed by atoms with E-state index in [1.54, 1.807) is 18.4 Å². The molecule has 24 heavy (non-hydrogen) atoms. The molecule has 2 atom stereocenters. The van der Waals surface area contributed by atoms with Crippen LogP contribution in [0.25, 0.3) is 0 Å². The predicted octanol–water partition coefficient (Wildman–Crippen LogP) is 2.62. The highest BCUT2D eigenvalue weighted by Gasteiger charge is 2.17. The highest BCUT2D eigenvalue weighted by molar-refractivity contribution is 5.48.